The van der Waals surface area contributed by atoms with E-state index >= 15 is 0 Å². The van der Waals surface area contributed by atoms with Gasteiger partial charge in [0, 0.05) is 54.5 Å². The van der Waals surface area contributed by atoms with Gasteiger partial charge in [0.05, 0.1) is 10.7 Å². The Kier molecular flexibility index (Phi) is 7.45. The molecule has 6 nitrogen and oxygen atoms in total. The first-order valence-corrected chi connectivity index (χ1v) is 11.5. The molecule has 0 unspecified atom stereocenters. The molecule has 1 aliphatic rings. The normalized spacial score (nSPS) is 14.2. The van der Waals surface area contributed by atoms with Crippen molar-refractivity contribution in [2.45, 2.75) is 19.3 Å². The van der Waals surface area contributed by atoms with Crippen LogP contribution in [0.15, 0.2) is 61.1 Å². The lowest BCUT2D eigenvalue weighted by atomic mass is 9.93. The third kappa shape index (κ3) is 5.90. The molecule has 4 rings (SSSR count). The monoisotopic (exact) mass is 469 g/mol. The number of hydrogen-bond acceptors (Lipinski definition) is 5. The average Bonchev–Trinajstić information content (AvgIpc) is 2.80. The zero-order chi connectivity index (χ0) is 22.3. The minimum atomic E-state index is -0.241. The number of piperidine rings is 1. The number of aromatic nitrogens is 2. The summed E-state index contributed by atoms with van der Waals surface area (Å²) in [6.07, 6.45) is 8.47. The SMILES string of the molecule is O=C(Nc1cc(Cl)cnc1N1CCC(CCNc2ccncc2)CC1)c1cccc(Cl)c1. The fraction of sp³-hybridized carbons (Fsp3) is 0.292. The molecular weight excluding hydrogens is 445 g/mol. The zero-order valence-corrected chi connectivity index (χ0v) is 19.1. The van der Waals surface area contributed by atoms with E-state index < -0.39 is 0 Å². The van der Waals surface area contributed by atoms with E-state index in [2.05, 4.69) is 25.5 Å². The van der Waals surface area contributed by atoms with Crippen molar-refractivity contribution in [3.05, 3.63) is 76.7 Å². The lowest BCUT2D eigenvalue weighted by Gasteiger charge is -2.34. The van der Waals surface area contributed by atoms with Gasteiger partial charge in [0.1, 0.15) is 0 Å². The fourth-order valence-corrected chi connectivity index (χ4v) is 4.27. The highest BCUT2D eigenvalue weighted by Crippen LogP contribution is 2.31. The largest absolute Gasteiger partial charge is 0.385 e. The molecule has 0 bridgehead atoms. The number of pyridine rings is 2. The Morgan fingerprint density at radius 1 is 1.06 bits per heavy atom. The highest BCUT2D eigenvalue weighted by Gasteiger charge is 2.23. The number of hydrogen-bond donors (Lipinski definition) is 2. The summed E-state index contributed by atoms with van der Waals surface area (Å²) in [5.41, 5.74) is 2.20. The minimum Gasteiger partial charge on any atom is -0.385 e. The summed E-state index contributed by atoms with van der Waals surface area (Å²) in [6.45, 7) is 2.71. The first kappa shape index (κ1) is 22.4. The molecule has 0 saturated carbocycles. The average molecular weight is 470 g/mol. The summed E-state index contributed by atoms with van der Waals surface area (Å²) in [7, 11) is 0. The number of amides is 1. The lowest BCUT2D eigenvalue weighted by Crippen LogP contribution is -2.35. The highest BCUT2D eigenvalue weighted by molar-refractivity contribution is 6.31. The maximum atomic E-state index is 12.7. The molecule has 0 aliphatic carbocycles. The van der Waals surface area contributed by atoms with E-state index in [-0.39, 0.29) is 5.91 Å². The molecular formula is C24H25Cl2N5O. The standard InChI is InChI=1S/C24H25Cl2N5O/c25-19-3-1-2-18(14-19)24(32)30-22-15-20(26)16-29-23(22)31-12-7-17(8-13-31)4-11-28-21-5-9-27-10-6-21/h1-3,5-6,9-10,14-17H,4,7-8,11-13H2,(H,27,28)(H,30,32). The smallest absolute Gasteiger partial charge is 0.255 e. The third-order valence-corrected chi connectivity index (χ3v) is 6.09. The van der Waals surface area contributed by atoms with E-state index in [4.69, 9.17) is 23.2 Å². The molecule has 1 fully saturated rings. The minimum absolute atomic E-state index is 0.241. The molecule has 1 aromatic carbocycles. The number of carbonyl (C=O) groups excluding carboxylic acids is 1. The van der Waals surface area contributed by atoms with Crippen LogP contribution in [0.4, 0.5) is 17.2 Å². The van der Waals surface area contributed by atoms with Gasteiger partial charge in [-0.15, -0.1) is 0 Å². The van der Waals surface area contributed by atoms with Crippen molar-refractivity contribution in [1.29, 1.82) is 0 Å². The van der Waals surface area contributed by atoms with Gasteiger partial charge in [-0.25, -0.2) is 4.98 Å². The number of rotatable bonds is 7. The Morgan fingerprint density at radius 2 is 1.84 bits per heavy atom. The predicted octanol–water partition coefficient (Wildman–Crippen LogP) is 5.75. The number of benzene rings is 1. The van der Waals surface area contributed by atoms with Crippen LogP contribution in [0.1, 0.15) is 29.6 Å². The Labute approximate surface area is 198 Å². The van der Waals surface area contributed by atoms with E-state index in [1.165, 1.54) is 0 Å². The van der Waals surface area contributed by atoms with Crippen LogP contribution in [0.3, 0.4) is 0 Å². The van der Waals surface area contributed by atoms with Gasteiger partial charge in [-0.2, -0.15) is 0 Å². The Morgan fingerprint density at radius 3 is 2.59 bits per heavy atom. The first-order valence-electron chi connectivity index (χ1n) is 10.7. The Balaban J connectivity index is 1.35. The molecule has 1 saturated heterocycles. The number of carbonyl (C=O) groups is 1. The molecule has 0 atom stereocenters. The van der Waals surface area contributed by atoms with Crippen LogP contribution in [-0.4, -0.2) is 35.5 Å². The van der Waals surface area contributed by atoms with E-state index in [0.29, 0.717) is 27.2 Å². The van der Waals surface area contributed by atoms with Crippen LogP contribution in [0.25, 0.3) is 0 Å². The number of halogens is 2. The second kappa shape index (κ2) is 10.7. The summed E-state index contributed by atoms with van der Waals surface area (Å²) in [5.74, 6) is 1.16. The fourth-order valence-electron chi connectivity index (χ4n) is 3.92. The van der Waals surface area contributed by atoms with E-state index in [1.807, 2.05) is 12.1 Å². The number of anilines is 3. The topological polar surface area (TPSA) is 70.2 Å². The maximum Gasteiger partial charge on any atom is 0.255 e. The molecule has 2 N–H and O–H groups in total. The lowest BCUT2D eigenvalue weighted by molar-refractivity contribution is 0.102. The summed E-state index contributed by atoms with van der Waals surface area (Å²) >= 11 is 12.2. The first-order chi connectivity index (χ1) is 15.6. The molecule has 3 heterocycles. The van der Waals surface area contributed by atoms with Gasteiger partial charge in [-0.05, 0) is 61.6 Å². The van der Waals surface area contributed by atoms with Crippen molar-refractivity contribution >= 4 is 46.3 Å². The maximum absolute atomic E-state index is 12.7. The van der Waals surface area contributed by atoms with Crippen molar-refractivity contribution in [2.24, 2.45) is 5.92 Å². The second-order valence-electron chi connectivity index (χ2n) is 7.87. The summed E-state index contributed by atoms with van der Waals surface area (Å²) in [6, 6.07) is 12.6. The number of nitrogens with one attached hydrogen (secondary N) is 2. The van der Waals surface area contributed by atoms with Gasteiger partial charge in [0.25, 0.3) is 5.91 Å². The molecule has 0 radical (unpaired) electrons. The molecule has 3 aromatic rings. The van der Waals surface area contributed by atoms with E-state index in [1.54, 1.807) is 48.9 Å². The predicted molar refractivity (Wildman–Crippen MR) is 131 cm³/mol. The molecule has 0 spiro atoms. The summed E-state index contributed by atoms with van der Waals surface area (Å²) in [5, 5.41) is 7.40. The van der Waals surface area contributed by atoms with Crippen LogP contribution in [0, 0.1) is 5.92 Å². The molecule has 32 heavy (non-hydrogen) atoms. The molecule has 1 amide bonds. The van der Waals surface area contributed by atoms with E-state index in [0.717, 1.165) is 50.4 Å². The van der Waals surface area contributed by atoms with Crippen LogP contribution >= 0.6 is 23.2 Å². The molecule has 2 aromatic heterocycles. The van der Waals surface area contributed by atoms with Gasteiger partial charge in [0.15, 0.2) is 5.82 Å². The molecule has 166 valence electrons. The van der Waals surface area contributed by atoms with Crippen molar-refractivity contribution in [1.82, 2.24) is 9.97 Å². The van der Waals surface area contributed by atoms with Crippen molar-refractivity contribution in [3.63, 3.8) is 0 Å². The summed E-state index contributed by atoms with van der Waals surface area (Å²) in [4.78, 5) is 23.5. The zero-order valence-electron chi connectivity index (χ0n) is 17.6. The van der Waals surface area contributed by atoms with Crippen molar-refractivity contribution in [3.8, 4) is 0 Å². The number of nitrogens with zero attached hydrogens (tertiary/aromatic N) is 3. The Bertz CT molecular complexity index is 1060. The van der Waals surface area contributed by atoms with Crippen LogP contribution in [0.5, 0.6) is 0 Å². The Hall–Kier alpha value is -2.83. The quantitative estimate of drug-likeness (QED) is 0.460. The van der Waals surface area contributed by atoms with Crippen molar-refractivity contribution < 1.29 is 4.79 Å². The third-order valence-electron chi connectivity index (χ3n) is 5.64. The van der Waals surface area contributed by atoms with E-state index in [9.17, 15) is 4.79 Å². The van der Waals surface area contributed by atoms with Gasteiger partial charge in [0.2, 0.25) is 0 Å². The second-order valence-corrected chi connectivity index (χ2v) is 8.74. The summed E-state index contributed by atoms with van der Waals surface area (Å²) < 4.78 is 0. The van der Waals surface area contributed by atoms with Crippen molar-refractivity contribution in [2.75, 3.05) is 35.2 Å². The molecule has 1 aliphatic heterocycles. The van der Waals surface area contributed by atoms with Crippen LogP contribution in [-0.2, 0) is 0 Å². The van der Waals surface area contributed by atoms with Gasteiger partial charge in [-0.1, -0.05) is 29.3 Å². The van der Waals surface area contributed by atoms with Gasteiger partial charge in [-0.3, -0.25) is 9.78 Å². The highest BCUT2D eigenvalue weighted by atomic mass is 35.5. The molecule has 8 heteroatoms. The van der Waals surface area contributed by atoms with Crippen LogP contribution < -0.4 is 15.5 Å². The van der Waals surface area contributed by atoms with Gasteiger partial charge < -0.3 is 15.5 Å². The van der Waals surface area contributed by atoms with Crippen LogP contribution in [0.2, 0.25) is 10.0 Å². The van der Waals surface area contributed by atoms with Gasteiger partial charge >= 0.3 is 0 Å².